The Morgan fingerprint density at radius 2 is 1.79 bits per heavy atom. The van der Waals surface area contributed by atoms with Crippen LogP contribution >= 0.6 is 0 Å². The van der Waals surface area contributed by atoms with Crippen molar-refractivity contribution in [2.45, 2.75) is 134 Å². The van der Waals surface area contributed by atoms with Crippen LogP contribution in [-0.2, 0) is 20.7 Å². The fraction of sp³-hybridized carbons (Fsp3) is 0.756. The van der Waals surface area contributed by atoms with Gasteiger partial charge in [0.1, 0.15) is 17.5 Å². The molecular formula is C41H59NO10. The number of benzene rings is 1. The van der Waals surface area contributed by atoms with E-state index in [0.717, 1.165) is 12.0 Å². The van der Waals surface area contributed by atoms with Gasteiger partial charge in [0.05, 0.1) is 42.0 Å². The maximum absolute atomic E-state index is 14.4. The molecule has 52 heavy (non-hydrogen) atoms. The highest BCUT2D eigenvalue weighted by Gasteiger charge is 2.75. The van der Waals surface area contributed by atoms with E-state index < -0.39 is 76.1 Å². The van der Waals surface area contributed by atoms with Crippen LogP contribution in [0.15, 0.2) is 29.8 Å². The number of nitrogens with zero attached hydrogens (tertiary/aromatic N) is 1. The summed E-state index contributed by atoms with van der Waals surface area (Å²) in [5, 5.41) is 80.3. The summed E-state index contributed by atoms with van der Waals surface area (Å²) in [7, 11) is 0. The van der Waals surface area contributed by atoms with E-state index in [2.05, 4.69) is 20.8 Å². The molecule has 12 atom stereocenters. The first-order valence-corrected chi connectivity index (χ1v) is 19.5. The Hall–Kier alpha value is -2.38. The van der Waals surface area contributed by atoms with E-state index in [1.807, 2.05) is 19.9 Å². The second-order valence-electron chi connectivity index (χ2n) is 18.3. The van der Waals surface area contributed by atoms with Crippen LogP contribution in [0.5, 0.6) is 5.75 Å². The van der Waals surface area contributed by atoms with E-state index in [-0.39, 0.29) is 42.9 Å². The number of allylic oxidation sites excluding steroid dienone is 1. The molecule has 288 valence electrons. The molecular weight excluding hydrogens is 666 g/mol. The molecule has 2 saturated heterocycles. The number of ether oxygens (including phenoxy) is 1. The Balaban J connectivity index is 1.31. The first-order chi connectivity index (χ1) is 24.3. The molecule has 3 saturated carbocycles. The molecule has 11 nitrogen and oxygen atoms in total. The number of epoxide rings is 1. The number of aliphatic hydroxyl groups excluding tert-OH is 3. The topological polar surface area (TPSA) is 192 Å². The van der Waals surface area contributed by atoms with Crippen molar-refractivity contribution in [2.75, 3.05) is 24.7 Å². The predicted molar refractivity (Wildman–Crippen MR) is 192 cm³/mol. The molecule has 5 fully saturated rings. The van der Waals surface area contributed by atoms with Crippen molar-refractivity contribution in [2.24, 2.45) is 39.9 Å². The number of carbonyl (C=O) groups is 2. The highest BCUT2D eigenvalue weighted by Crippen LogP contribution is 2.73. The van der Waals surface area contributed by atoms with E-state index in [9.17, 15) is 45.3 Å². The van der Waals surface area contributed by atoms with Crippen molar-refractivity contribution in [3.05, 3.63) is 35.4 Å². The van der Waals surface area contributed by atoms with Crippen LogP contribution in [0.25, 0.3) is 0 Å². The number of anilines is 1. The number of fused-ring (bicyclic) bond motifs is 5. The molecule has 1 aromatic carbocycles. The van der Waals surface area contributed by atoms with Crippen molar-refractivity contribution in [1.29, 1.82) is 0 Å². The fourth-order valence-electron chi connectivity index (χ4n) is 12.2. The molecule has 7 rings (SSSR count). The summed E-state index contributed by atoms with van der Waals surface area (Å²) in [5.41, 5.74) is -6.22. The SMILES string of the molecule is CC(C)C(C)C1OC1C(C)(O)C1CCC2(O)C3=CC(=O)C4(CO)CC(O)C(O)(CO)CC4(C)C3CCC12CCc1cc(O)cc(N2CCCC2=O)c1. The molecule has 6 aliphatic rings. The minimum absolute atomic E-state index is 0.00837. The van der Waals surface area contributed by atoms with Crippen molar-refractivity contribution < 1.29 is 50.1 Å². The number of phenolic OH excluding ortho intramolecular Hbond substituents is 1. The number of phenols is 1. The van der Waals surface area contributed by atoms with Gasteiger partial charge in [-0.15, -0.1) is 0 Å². The van der Waals surface area contributed by atoms with Crippen molar-refractivity contribution in [3.63, 3.8) is 0 Å². The fourth-order valence-corrected chi connectivity index (χ4v) is 12.2. The van der Waals surface area contributed by atoms with E-state index in [4.69, 9.17) is 4.74 Å². The molecule has 11 heteroatoms. The monoisotopic (exact) mass is 725 g/mol. The summed E-state index contributed by atoms with van der Waals surface area (Å²) in [5.74, 6) is -0.687. The lowest BCUT2D eigenvalue weighted by Gasteiger charge is -2.65. The van der Waals surface area contributed by atoms with Crippen molar-refractivity contribution in [1.82, 2.24) is 0 Å². The number of aliphatic hydroxyl groups is 6. The molecule has 0 aromatic heterocycles. The van der Waals surface area contributed by atoms with Gasteiger partial charge in [0, 0.05) is 30.1 Å². The Bertz CT molecular complexity index is 1640. The van der Waals surface area contributed by atoms with Gasteiger partial charge in [0.2, 0.25) is 5.91 Å². The third kappa shape index (κ3) is 5.23. The first kappa shape index (κ1) is 37.9. The molecule has 1 amide bonds. The molecule has 4 aliphatic carbocycles. The van der Waals surface area contributed by atoms with E-state index >= 15 is 0 Å². The van der Waals surface area contributed by atoms with Crippen LogP contribution in [0.3, 0.4) is 0 Å². The zero-order valence-electron chi connectivity index (χ0n) is 31.3. The normalized spacial score (nSPS) is 43.1. The summed E-state index contributed by atoms with van der Waals surface area (Å²) in [6.07, 6.45) is 2.90. The highest BCUT2D eigenvalue weighted by molar-refractivity contribution is 5.98. The van der Waals surface area contributed by atoms with Gasteiger partial charge < -0.3 is 45.4 Å². The van der Waals surface area contributed by atoms with Crippen LogP contribution < -0.4 is 4.90 Å². The summed E-state index contributed by atoms with van der Waals surface area (Å²) < 4.78 is 6.25. The molecule has 0 spiro atoms. The van der Waals surface area contributed by atoms with Crippen LogP contribution in [0.4, 0.5) is 5.69 Å². The van der Waals surface area contributed by atoms with Crippen LogP contribution in [0.1, 0.15) is 98.0 Å². The lowest BCUT2D eigenvalue weighted by atomic mass is 9.39. The molecule has 0 bridgehead atoms. The number of carbonyl (C=O) groups excluding carboxylic acids is 2. The van der Waals surface area contributed by atoms with Gasteiger partial charge in [0.25, 0.3) is 0 Å². The van der Waals surface area contributed by atoms with Gasteiger partial charge in [0.15, 0.2) is 5.78 Å². The second kappa shape index (κ2) is 12.6. The zero-order valence-corrected chi connectivity index (χ0v) is 31.3. The minimum Gasteiger partial charge on any atom is -0.508 e. The molecule has 7 N–H and O–H groups in total. The van der Waals surface area contributed by atoms with Crippen LogP contribution in [0.2, 0.25) is 0 Å². The quantitative estimate of drug-likeness (QED) is 0.176. The molecule has 1 aromatic rings. The van der Waals surface area contributed by atoms with E-state index in [1.165, 1.54) is 6.08 Å². The van der Waals surface area contributed by atoms with Crippen LogP contribution in [-0.4, -0.2) is 102 Å². The third-order valence-electron chi connectivity index (χ3n) is 15.6. The zero-order chi connectivity index (χ0) is 37.8. The lowest BCUT2D eigenvalue weighted by Crippen LogP contribution is -2.70. The third-order valence-corrected chi connectivity index (χ3v) is 15.6. The van der Waals surface area contributed by atoms with Gasteiger partial charge in [-0.1, -0.05) is 27.7 Å². The molecule has 2 heterocycles. The number of aryl methyl sites for hydroxylation is 1. The van der Waals surface area contributed by atoms with Crippen molar-refractivity contribution >= 4 is 17.4 Å². The Kier molecular flexibility index (Phi) is 9.17. The Morgan fingerprint density at radius 3 is 2.42 bits per heavy atom. The number of hydrogen-bond donors (Lipinski definition) is 7. The average molecular weight is 726 g/mol. The molecule has 12 unspecified atom stereocenters. The Labute approximate surface area is 306 Å². The van der Waals surface area contributed by atoms with Gasteiger partial charge in [-0.05, 0) is 123 Å². The van der Waals surface area contributed by atoms with E-state index in [0.29, 0.717) is 62.2 Å². The summed E-state index contributed by atoms with van der Waals surface area (Å²) >= 11 is 0. The predicted octanol–water partition coefficient (Wildman–Crippen LogP) is 3.17. The maximum atomic E-state index is 14.4. The lowest BCUT2D eigenvalue weighted by molar-refractivity contribution is -0.228. The van der Waals surface area contributed by atoms with Gasteiger partial charge in [-0.2, -0.15) is 0 Å². The average Bonchev–Trinajstić information content (AvgIpc) is 3.69. The highest BCUT2D eigenvalue weighted by atomic mass is 16.6. The smallest absolute Gasteiger partial charge is 0.227 e. The number of ketones is 1. The number of aromatic hydroxyl groups is 1. The number of rotatable bonds is 10. The second-order valence-corrected chi connectivity index (χ2v) is 18.3. The number of amides is 1. The standard InChI is InChI=1S/C41H59NO10/c1-23(2)24(3)34-35(52-34)37(5,49)30-10-13-41(51)29-18-31(46)39(21-43)19-32(47)40(50,22-44)20-36(39,4)28(29)9-12-38(30,41)11-8-25-15-26(17-27(45)16-25)42-14-6-7-33(42)48/h15-18,23-24,28,30,32,34-35,43-45,47,49-51H,6-14,19-22H2,1-5H3. The van der Waals surface area contributed by atoms with Crippen molar-refractivity contribution in [3.8, 4) is 5.75 Å². The van der Waals surface area contributed by atoms with Crippen LogP contribution in [0, 0.1) is 39.9 Å². The molecule has 0 radical (unpaired) electrons. The maximum Gasteiger partial charge on any atom is 0.227 e. The summed E-state index contributed by atoms with van der Waals surface area (Å²) in [6.45, 7) is 9.38. The molecule has 2 aliphatic heterocycles. The Morgan fingerprint density at radius 1 is 1.06 bits per heavy atom. The number of hydrogen-bond acceptors (Lipinski definition) is 10. The minimum atomic E-state index is -1.88. The summed E-state index contributed by atoms with van der Waals surface area (Å²) in [6, 6.07) is 5.19. The van der Waals surface area contributed by atoms with Gasteiger partial charge in [-0.3, -0.25) is 9.59 Å². The van der Waals surface area contributed by atoms with Gasteiger partial charge in [-0.25, -0.2) is 0 Å². The first-order valence-electron chi connectivity index (χ1n) is 19.5. The summed E-state index contributed by atoms with van der Waals surface area (Å²) in [4.78, 5) is 28.7. The largest absolute Gasteiger partial charge is 0.508 e. The van der Waals surface area contributed by atoms with Gasteiger partial charge >= 0.3 is 0 Å². The van der Waals surface area contributed by atoms with E-state index in [1.54, 1.807) is 17.0 Å².